The molecule has 0 aliphatic carbocycles. The van der Waals surface area contributed by atoms with E-state index in [9.17, 15) is 5.11 Å². The van der Waals surface area contributed by atoms with E-state index in [1.165, 1.54) is 6.33 Å². The SMILES string of the molecule is Cc1ccc(OCc2ncnn2C)c([C@@H](C)O)c1. The van der Waals surface area contributed by atoms with Crippen molar-refractivity contribution in [1.29, 1.82) is 0 Å². The predicted molar refractivity (Wildman–Crippen MR) is 67.1 cm³/mol. The standard InChI is InChI=1S/C13H17N3O2/c1-9-4-5-12(11(6-9)10(2)17)18-7-13-14-8-15-16(13)3/h4-6,8,10,17H,7H2,1-3H3/t10-/m1/s1. The summed E-state index contributed by atoms with van der Waals surface area (Å²) in [6.45, 7) is 4.04. The Hall–Kier alpha value is -1.88. The molecule has 96 valence electrons. The van der Waals surface area contributed by atoms with Crippen LogP contribution in [0.1, 0.15) is 30.0 Å². The Morgan fingerprint density at radius 1 is 1.44 bits per heavy atom. The molecule has 1 atom stereocenters. The molecule has 18 heavy (non-hydrogen) atoms. The second-order valence-electron chi connectivity index (χ2n) is 4.31. The number of aromatic nitrogens is 3. The fourth-order valence-corrected chi connectivity index (χ4v) is 1.72. The summed E-state index contributed by atoms with van der Waals surface area (Å²) in [6, 6.07) is 5.75. The topological polar surface area (TPSA) is 60.2 Å². The summed E-state index contributed by atoms with van der Waals surface area (Å²) in [7, 11) is 1.82. The highest BCUT2D eigenvalue weighted by molar-refractivity contribution is 5.38. The highest BCUT2D eigenvalue weighted by Gasteiger charge is 2.10. The van der Waals surface area contributed by atoms with Crippen LogP contribution in [-0.4, -0.2) is 19.9 Å². The lowest BCUT2D eigenvalue weighted by molar-refractivity contribution is 0.189. The van der Waals surface area contributed by atoms with Crippen molar-refractivity contribution in [2.24, 2.45) is 7.05 Å². The number of rotatable bonds is 4. The van der Waals surface area contributed by atoms with Gasteiger partial charge in [0.25, 0.3) is 0 Å². The number of benzene rings is 1. The smallest absolute Gasteiger partial charge is 0.164 e. The number of aliphatic hydroxyl groups is 1. The number of nitrogens with zero attached hydrogens (tertiary/aromatic N) is 3. The first kappa shape index (κ1) is 12.6. The monoisotopic (exact) mass is 247 g/mol. The Morgan fingerprint density at radius 2 is 2.22 bits per heavy atom. The van der Waals surface area contributed by atoms with Crippen LogP contribution in [-0.2, 0) is 13.7 Å². The fraction of sp³-hybridized carbons (Fsp3) is 0.385. The summed E-state index contributed by atoms with van der Waals surface area (Å²) in [4.78, 5) is 4.09. The van der Waals surface area contributed by atoms with Crippen molar-refractivity contribution in [3.8, 4) is 5.75 Å². The van der Waals surface area contributed by atoms with E-state index in [0.717, 1.165) is 17.0 Å². The van der Waals surface area contributed by atoms with Crippen molar-refractivity contribution in [1.82, 2.24) is 14.8 Å². The van der Waals surface area contributed by atoms with Gasteiger partial charge in [0, 0.05) is 12.6 Å². The van der Waals surface area contributed by atoms with Gasteiger partial charge in [-0.1, -0.05) is 11.6 Å². The van der Waals surface area contributed by atoms with E-state index in [0.29, 0.717) is 12.4 Å². The van der Waals surface area contributed by atoms with E-state index in [1.807, 2.05) is 32.2 Å². The summed E-state index contributed by atoms with van der Waals surface area (Å²) >= 11 is 0. The molecule has 0 unspecified atom stereocenters. The van der Waals surface area contributed by atoms with Gasteiger partial charge >= 0.3 is 0 Å². The maximum absolute atomic E-state index is 9.73. The van der Waals surface area contributed by atoms with Gasteiger partial charge in [-0.3, -0.25) is 4.68 Å². The Balaban J connectivity index is 2.16. The lowest BCUT2D eigenvalue weighted by Crippen LogP contribution is -2.06. The Bertz CT molecular complexity index is 535. The summed E-state index contributed by atoms with van der Waals surface area (Å²) in [5.41, 5.74) is 1.88. The van der Waals surface area contributed by atoms with Crippen LogP contribution < -0.4 is 4.74 Å². The number of aliphatic hydroxyl groups excluding tert-OH is 1. The number of ether oxygens (including phenoxy) is 1. The Kier molecular flexibility index (Phi) is 3.62. The molecule has 2 rings (SSSR count). The summed E-state index contributed by atoms with van der Waals surface area (Å²) < 4.78 is 7.36. The largest absolute Gasteiger partial charge is 0.485 e. The average molecular weight is 247 g/mol. The number of aryl methyl sites for hydroxylation is 2. The first-order valence-corrected chi connectivity index (χ1v) is 5.82. The third kappa shape index (κ3) is 2.68. The second kappa shape index (κ2) is 5.18. The molecule has 0 aliphatic heterocycles. The van der Waals surface area contributed by atoms with Crippen LogP contribution in [0, 0.1) is 6.92 Å². The minimum absolute atomic E-state index is 0.333. The molecule has 0 aliphatic rings. The molecule has 1 heterocycles. The Labute approximate surface area is 106 Å². The molecule has 1 aromatic heterocycles. The van der Waals surface area contributed by atoms with Gasteiger partial charge in [-0.05, 0) is 26.0 Å². The van der Waals surface area contributed by atoms with Crippen molar-refractivity contribution in [3.63, 3.8) is 0 Å². The van der Waals surface area contributed by atoms with Crippen LogP contribution in [0.4, 0.5) is 0 Å². The second-order valence-corrected chi connectivity index (χ2v) is 4.31. The van der Waals surface area contributed by atoms with Crippen LogP contribution in [0.25, 0.3) is 0 Å². The molecule has 0 fully saturated rings. The van der Waals surface area contributed by atoms with E-state index < -0.39 is 6.10 Å². The highest BCUT2D eigenvalue weighted by Crippen LogP contribution is 2.26. The molecular formula is C13H17N3O2. The maximum Gasteiger partial charge on any atom is 0.164 e. The first-order chi connectivity index (χ1) is 8.58. The highest BCUT2D eigenvalue weighted by atomic mass is 16.5. The molecule has 0 spiro atoms. The van der Waals surface area contributed by atoms with Gasteiger partial charge < -0.3 is 9.84 Å². The van der Waals surface area contributed by atoms with Crippen LogP contribution in [0.5, 0.6) is 5.75 Å². The normalized spacial score (nSPS) is 12.4. The maximum atomic E-state index is 9.73. The van der Waals surface area contributed by atoms with Gasteiger partial charge in [0.1, 0.15) is 18.7 Å². The van der Waals surface area contributed by atoms with Crippen molar-refractivity contribution in [3.05, 3.63) is 41.5 Å². The lowest BCUT2D eigenvalue weighted by atomic mass is 10.1. The minimum Gasteiger partial charge on any atom is -0.485 e. The zero-order valence-electron chi connectivity index (χ0n) is 10.8. The molecule has 5 nitrogen and oxygen atoms in total. The van der Waals surface area contributed by atoms with E-state index in [2.05, 4.69) is 10.1 Å². The third-order valence-electron chi connectivity index (χ3n) is 2.78. The molecule has 0 bridgehead atoms. The van der Waals surface area contributed by atoms with Gasteiger partial charge in [-0.25, -0.2) is 4.98 Å². The van der Waals surface area contributed by atoms with Crippen molar-refractivity contribution >= 4 is 0 Å². The molecule has 0 amide bonds. The summed E-state index contributed by atoms with van der Waals surface area (Å²) in [5, 5.41) is 13.7. The lowest BCUT2D eigenvalue weighted by Gasteiger charge is -2.13. The zero-order valence-corrected chi connectivity index (χ0v) is 10.8. The molecule has 1 aromatic carbocycles. The molecule has 2 aromatic rings. The van der Waals surface area contributed by atoms with E-state index in [-0.39, 0.29) is 0 Å². The van der Waals surface area contributed by atoms with Gasteiger partial charge in [0.15, 0.2) is 5.82 Å². The number of hydrogen-bond donors (Lipinski definition) is 1. The first-order valence-electron chi connectivity index (χ1n) is 5.82. The summed E-state index contributed by atoms with van der Waals surface area (Å²) in [5.74, 6) is 1.42. The number of hydrogen-bond acceptors (Lipinski definition) is 4. The third-order valence-corrected chi connectivity index (χ3v) is 2.78. The van der Waals surface area contributed by atoms with Gasteiger partial charge in [0.05, 0.1) is 6.10 Å². The van der Waals surface area contributed by atoms with Crippen LogP contribution in [0.2, 0.25) is 0 Å². The van der Waals surface area contributed by atoms with E-state index >= 15 is 0 Å². The van der Waals surface area contributed by atoms with Gasteiger partial charge in [-0.2, -0.15) is 5.10 Å². The van der Waals surface area contributed by atoms with Crippen LogP contribution >= 0.6 is 0 Å². The molecular weight excluding hydrogens is 230 g/mol. The average Bonchev–Trinajstić information content (AvgIpc) is 2.73. The van der Waals surface area contributed by atoms with Crippen molar-refractivity contribution in [2.45, 2.75) is 26.6 Å². The fourth-order valence-electron chi connectivity index (χ4n) is 1.72. The van der Waals surface area contributed by atoms with Crippen LogP contribution in [0.3, 0.4) is 0 Å². The van der Waals surface area contributed by atoms with E-state index in [4.69, 9.17) is 4.74 Å². The molecule has 5 heteroatoms. The Morgan fingerprint density at radius 3 is 2.83 bits per heavy atom. The van der Waals surface area contributed by atoms with Gasteiger partial charge in [-0.15, -0.1) is 0 Å². The van der Waals surface area contributed by atoms with Crippen LogP contribution in [0.15, 0.2) is 24.5 Å². The summed E-state index contributed by atoms with van der Waals surface area (Å²) in [6.07, 6.45) is 0.933. The molecule has 0 saturated carbocycles. The van der Waals surface area contributed by atoms with Crippen molar-refractivity contribution in [2.75, 3.05) is 0 Å². The quantitative estimate of drug-likeness (QED) is 0.894. The predicted octanol–water partition coefficient (Wildman–Crippen LogP) is 1.76. The van der Waals surface area contributed by atoms with Crippen molar-refractivity contribution < 1.29 is 9.84 Å². The minimum atomic E-state index is -0.556. The zero-order chi connectivity index (χ0) is 13.1. The molecule has 0 radical (unpaired) electrons. The molecule has 0 saturated heterocycles. The van der Waals surface area contributed by atoms with E-state index in [1.54, 1.807) is 11.6 Å². The molecule has 1 N–H and O–H groups in total. The van der Waals surface area contributed by atoms with Gasteiger partial charge in [0.2, 0.25) is 0 Å².